The van der Waals surface area contributed by atoms with Crippen molar-refractivity contribution >= 4 is 17.3 Å². The van der Waals surface area contributed by atoms with Crippen molar-refractivity contribution in [2.24, 2.45) is 5.10 Å². The molecule has 0 radical (unpaired) electrons. The highest BCUT2D eigenvalue weighted by molar-refractivity contribution is 6.30. The largest absolute Gasteiger partial charge is 0.493 e. The van der Waals surface area contributed by atoms with Gasteiger partial charge in [0.25, 0.3) is 0 Å². The maximum absolute atomic E-state index is 6.41. The van der Waals surface area contributed by atoms with Crippen LogP contribution in [0.3, 0.4) is 0 Å². The number of hydrazone groups is 1. The Morgan fingerprint density at radius 1 is 0.967 bits per heavy atom. The third-order valence-electron chi connectivity index (χ3n) is 5.57. The van der Waals surface area contributed by atoms with Crippen LogP contribution >= 0.6 is 11.6 Å². The molecule has 152 valence electrons. The molecule has 3 aromatic carbocycles. The average molecular weight is 421 g/mol. The summed E-state index contributed by atoms with van der Waals surface area (Å²) in [6, 6.07) is 21.9. The lowest BCUT2D eigenvalue weighted by molar-refractivity contribution is -0.0191. The maximum Gasteiger partial charge on any atom is 0.214 e. The molecule has 2 aliphatic heterocycles. The molecular weight excluding hydrogens is 400 g/mol. The standard InChI is InChI=1S/C24H21ClN2O3/c1-28-22-12-9-16(13-23(22)29-2)24-27-20(18-5-3-4-6-21(18)30-24)14-19(26-27)15-7-10-17(25)11-8-15/h3-13,20,24H,14H2,1-2H3/t20-,24+/m1/s1. The summed E-state index contributed by atoms with van der Waals surface area (Å²) in [6.07, 6.45) is 0.431. The van der Waals surface area contributed by atoms with Gasteiger partial charge in [0.15, 0.2) is 11.5 Å². The molecule has 5 rings (SSSR count). The molecular formula is C24H21ClN2O3. The number of nitrogens with zero attached hydrogens (tertiary/aromatic N) is 2. The Kier molecular flexibility index (Phi) is 4.75. The molecule has 5 nitrogen and oxygen atoms in total. The zero-order chi connectivity index (χ0) is 20.7. The van der Waals surface area contributed by atoms with Crippen LogP contribution in [0.25, 0.3) is 0 Å². The van der Waals surface area contributed by atoms with Crippen molar-refractivity contribution in [1.82, 2.24) is 5.01 Å². The van der Waals surface area contributed by atoms with E-state index in [1.54, 1.807) is 14.2 Å². The molecule has 2 aliphatic rings. The van der Waals surface area contributed by atoms with E-state index in [1.165, 1.54) is 0 Å². The summed E-state index contributed by atoms with van der Waals surface area (Å²) in [5, 5.41) is 7.74. The molecule has 3 aromatic rings. The molecule has 30 heavy (non-hydrogen) atoms. The predicted octanol–water partition coefficient (Wildman–Crippen LogP) is 5.60. The van der Waals surface area contributed by atoms with Crippen molar-refractivity contribution in [2.45, 2.75) is 18.7 Å². The van der Waals surface area contributed by atoms with Gasteiger partial charge in [-0.2, -0.15) is 5.10 Å². The van der Waals surface area contributed by atoms with Gasteiger partial charge in [-0.15, -0.1) is 0 Å². The fourth-order valence-corrected chi connectivity index (χ4v) is 4.20. The van der Waals surface area contributed by atoms with Crippen LogP contribution in [0.5, 0.6) is 17.2 Å². The third-order valence-corrected chi connectivity index (χ3v) is 5.82. The molecule has 0 spiro atoms. The summed E-state index contributed by atoms with van der Waals surface area (Å²) >= 11 is 6.07. The van der Waals surface area contributed by atoms with Crippen molar-refractivity contribution in [3.8, 4) is 17.2 Å². The fourth-order valence-electron chi connectivity index (χ4n) is 4.08. The number of halogens is 1. The zero-order valence-corrected chi connectivity index (χ0v) is 17.5. The topological polar surface area (TPSA) is 43.3 Å². The van der Waals surface area contributed by atoms with Gasteiger partial charge in [0.2, 0.25) is 6.23 Å². The molecule has 0 saturated heterocycles. The molecule has 0 fully saturated rings. The Morgan fingerprint density at radius 2 is 1.73 bits per heavy atom. The van der Waals surface area contributed by atoms with E-state index in [2.05, 4.69) is 6.07 Å². The van der Waals surface area contributed by atoms with Crippen molar-refractivity contribution in [3.05, 3.63) is 88.4 Å². The van der Waals surface area contributed by atoms with E-state index < -0.39 is 0 Å². The van der Waals surface area contributed by atoms with Crippen molar-refractivity contribution < 1.29 is 14.2 Å². The average Bonchev–Trinajstić information content (AvgIpc) is 3.24. The Hall–Kier alpha value is -3.18. The molecule has 0 N–H and O–H groups in total. The van der Waals surface area contributed by atoms with E-state index in [9.17, 15) is 0 Å². The first-order valence-electron chi connectivity index (χ1n) is 9.77. The molecule has 2 heterocycles. The number of hydrogen-bond donors (Lipinski definition) is 0. The van der Waals surface area contributed by atoms with E-state index in [0.717, 1.165) is 34.6 Å². The van der Waals surface area contributed by atoms with Gasteiger partial charge >= 0.3 is 0 Å². The Labute approximate surface area is 180 Å². The predicted molar refractivity (Wildman–Crippen MR) is 117 cm³/mol. The first kappa shape index (κ1) is 18.8. The number of ether oxygens (including phenoxy) is 3. The van der Waals surface area contributed by atoms with E-state index in [0.29, 0.717) is 16.5 Å². The number of benzene rings is 3. The highest BCUT2D eigenvalue weighted by Gasteiger charge is 2.41. The van der Waals surface area contributed by atoms with Gasteiger partial charge in [-0.1, -0.05) is 41.9 Å². The first-order valence-corrected chi connectivity index (χ1v) is 10.1. The summed E-state index contributed by atoms with van der Waals surface area (Å²) in [6.45, 7) is 0. The molecule has 0 bridgehead atoms. The number of methoxy groups -OCH3 is 2. The first-order chi connectivity index (χ1) is 14.7. The quantitative estimate of drug-likeness (QED) is 0.551. The van der Waals surface area contributed by atoms with E-state index in [4.69, 9.17) is 30.9 Å². The summed E-state index contributed by atoms with van der Waals surface area (Å²) in [4.78, 5) is 0. The highest BCUT2D eigenvalue weighted by atomic mass is 35.5. The lowest BCUT2D eigenvalue weighted by Gasteiger charge is -2.38. The van der Waals surface area contributed by atoms with Crippen molar-refractivity contribution in [3.63, 3.8) is 0 Å². The third kappa shape index (κ3) is 3.15. The van der Waals surface area contributed by atoms with Gasteiger partial charge in [0.05, 0.1) is 26.0 Å². The summed E-state index contributed by atoms with van der Waals surface area (Å²) in [5.41, 5.74) is 4.18. The normalized spacial score (nSPS) is 19.4. The molecule has 0 aliphatic carbocycles. The van der Waals surface area contributed by atoms with E-state index in [1.807, 2.05) is 65.7 Å². The van der Waals surface area contributed by atoms with Crippen LogP contribution in [0.4, 0.5) is 0 Å². The molecule has 0 unspecified atom stereocenters. The lowest BCUT2D eigenvalue weighted by atomic mass is 9.96. The van der Waals surface area contributed by atoms with Crippen LogP contribution < -0.4 is 14.2 Å². The lowest BCUT2D eigenvalue weighted by Crippen LogP contribution is -2.33. The summed E-state index contributed by atoms with van der Waals surface area (Å²) in [7, 11) is 3.26. The van der Waals surface area contributed by atoms with Gasteiger partial charge in [0.1, 0.15) is 5.75 Å². The SMILES string of the molecule is COc1ccc([C@@H]2Oc3ccccc3[C@H]3CC(c4ccc(Cl)cc4)=NN32)cc1OC. The van der Waals surface area contributed by atoms with Crippen molar-refractivity contribution in [1.29, 1.82) is 0 Å². The minimum atomic E-state index is -0.366. The highest BCUT2D eigenvalue weighted by Crippen LogP contribution is 2.48. The second-order valence-corrected chi connectivity index (χ2v) is 7.71. The number of hydrogen-bond acceptors (Lipinski definition) is 5. The monoisotopic (exact) mass is 420 g/mol. The Balaban J connectivity index is 1.58. The van der Waals surface area contributed by atoms with E-state index >= 15 is 0 Å². The summed E-state index contributed by atoms with van der Waals surface area (Å²) < 4.78 is 17.3. The minimum absolute atomic E-state index is 0.0960. The smallest absolute Gasteiger partial charge is 0.214 e. The fraction of sp³-hybridized carbons (Fsp3) is 0.208. The molecule has 0 aromatic heterocycles. The van der Waals surface area contributed by atoms with Crippen LogP contribution in [0.2, 0.25) is 5.02 Å². The Morgan fingerprint density at radius 3 is 2.50 bits per heavy atom. The Bertz CT molecular complexity index is 1110. The van der Waals surface area contributed by atoms with Gasteiger partial charge < -0.3 is 14.2 Å². The van der Waals surface area contributed by atoms with Crippen LogP contribution in [-0.2, 0) is 0 Å². The number of rotatable bonds is 4. The minimum Gasteiger partial charge on any atom is -0.493 e. The van der Waals surface area contributed by atoms with E-state index in [-0.39, 0.29) is 12.3 Å². The molecule has 6 heteroatoms. The number of fused-ring (bicyclic) bond motifs is 3. The zero-order valence-electron chi connectivity index (χ0n) is 16.7. The van der Waals surface area contributed by atoms with Crippen molar-refractivity contribution in [2.75, 3.05) is 14.2 Å². The van der Waals surface area contributed by atoms with Gasteiger partial charge in [-0.05, 0) is 42.0 Å². The molecule has 2 atom stereocenters. The van der Waals surface area contributed by atoms with Crippen LogP contribution in [0.1, 0.15) is 35.4 Å². The van der Waals surface area contributed by atoms with Crippen LogP contribution in [-0.4, -0.2) is 24.9 Å². The second-order valence-electron chi connectivity index (χ2n) is 7.28. The summed E-state index contributed by atoms with van der Waals surface area (Å²) in [5.74, 6) is 2.22. The second kappa shape index (κ2) is 7.58. The molecule has 0 amide bonds. The van der Waals surface area contributed by atoms with Crippen LogP contribution in [0, 0.1) is 0 Å². The van der Waals surface area contributed by atoms with Gasteiger partial charge in [-0.25, -0.2) is 5.01 Å². The van der Waals surface area contributed by atoms with Crippen LogP contribution in [0.15, 0.2) is 71.8 Å². The van der Waals surface area contributed by atoms with Gasteiger partial charge in [-0.3, -0.25) is 0 Å². The maximum atomic E-state index is 6.41. The molecule has 0 saturated carbocycles. The number of para-hydroxylation sites is 1. The van der Waals surface area contributed by atoms with Gasteiger partial charge in [0, 0.05) is 22.6 Å².